The van der Waals surface area contributed by atoms with E-state index in [9.17, 15) is 10.2 Å². The Bertz CT molecular complexity index is 500. The van der Waals surface area contributed by atoms with Crippen molar-refractivity contribution in [3.05, 3.63) is 28.5 Å². The highest BCUT2D eigenvalue weighted by Crippen LogP contribution is 2.27. The van der Waals surface area contributed by atoms with E-state index in [1.54, 1.807) is 18.5 Å². The summed E-state index contributed by atoms with van der Waals surface area (Å²) in [5.41, 5.74) is 1.15. The molecule has 0 aliphatic rings. The maximum atomic E-state index is 9.79. The lowest BCUT2D eigenvalue weighted by molar-refractivity contribution is -0.0145. The van der Waals surface area contributed by atoms with Crippen LogP contribution in [0.15, 0.2) is 22.9 Å². The topological polar surface area (TPSA) is 89.4 Å². The molecule has 0 amide bonds. The lowest BCUT2D eigenvalue weighted by Crippen LogP contribution is -2.21. The quantitative estimate of drug-likeness (QED) is 0.669. The Balaban J connectivity index is 2.48. The van der Waals surface area contributed by atoms with Gasteiger partial charge in [-0.3, -0.25) is 0 Å². The van der Waals surface area contributed by atoms with Crippen molar-refractivity contribution < 1.29 is 15.3 Å². The van der Waals surface area contributed by atoms with E-state index in [0.717, 1.165) is 9.86 Å². The van der Waals surface area contributed by atoms with E-state index < -0.39 is 18.8 Å². The normalized spacial score (nSPS) is 15.2. The van der Waals surface area contributed by atoms with Crippen molar-refractivity contribution in [1.82, 2.24) is 9.97 Å². The van der Waals surface area contributed by atoms with E-state index in [4.69, 9.17) is 5.11 Å². The molecular weight excluding hydrogens is 276 g/mol. The molecule has 0 radical (unpaired) electrons. The molecular formula is C10H11BrN2O3. The van der Waals surface area contributed by atoms with Gasteiger partial charge >= 0.3 is 0 Å². The molecule has 2 aromatic rings. The molecule has 0 aromatic carbocycles. The summed E-state index contributed by atoms with van der Waals surface area (Å²) in [6.45, 7) is -0.491. The molecule has 4 N–H and O–H groups in total. The Hall–Kier alpha value is -0.950. The molecule has 2 aromatic heterocycles. The number of aromatic amines is 1. The van der Waals surface area contributed by atoms with Crippen LogP contribution in [0.25, 0.3) is 11.0 Å². The first-order valence-electron chi connectivity index (χ1n) is 4.73. The van der Waals surface area contributed by atoms with Crippen LogP contribution in [0.5, 0.6) is 0 Å². The van der Waals surface area contributed by atoms with E-state index in [1.807, 2.05) is 0 Å². The number of halogens is 1. The number of H-pyrrole nitrogens is 1. The number of aliphatic hydroxyl groups is 3. The van der Waals surface area contributed by atoms with Crippen molar-refractivity contribution in [1.29, 1.82) is 0 Å². The summed E-state index contributed by atoms with van der Waals surface area (Å²) >= 11 is 3.28. The van der Waals surface area contributed by atoms with Crippen molar-refractivity contribution in [2.24, 2.45) is 0 Å². The molecule has 2 rings (SSSR count). The molecule has 0 fully saturated rings. The van der Waals surface area contributed by atoms with Crippen molar-refractivity contribution in [3.8, 4) is 0 Å². The molecule has 2 unspecified atom stereocenters. The zero-order chi connectivity index (χ0) is 11.7. The monoisotopic (exact) mass is 286 g/mol. The first-order chi connectivity index (χ1) is 7.63. The SMILES string of the molecule is OCC(O)C(O)c1c[nH]c2ncc(Br)cc12. The van der Waals surface area contributed by atoms with Gasteiger partial charge in [0.1, 0.15) is 17.9 Å². The molecule has 6 heteroatoms. The second-order valence-electron chi connectivity index (χ2n) is 3.49. The molecule has 0 saturated heterocycles. The van der Waals surface area contributed by atoms with E-state index in [0.29, 0.717) is 11.2 Å². The molecule has 0 bridgehead atoms. The smallest absolute Gasteiger partial charge is 0.137 e. The summed E-state index contributed by atoms with van der Waals surface area (Å²) in [6, 6.07) is 1.79. The molecule has 2 heterocycles. The van der Waals surface area contributed by atoms with Crippen LogP contribution < -0.4 is 0 Å². The summed E-state index contributed by atoms with van der Waals surface area (Å²) in [5.74, 6) is 0. The van der Waals surface area contributed by atoms with Crippen LogP contribution in [0, 0.1) is 0 Å². The third-order valence-corrected chi connectivity index (χ3v) is 2.83. The van der Waals surface area contributed by atoms with E-state index in [2.05, 4.69) is 25.9 Å². The van der Waals surface area contributed by atoms with Crippen molar-refractivity contribution >= 4 is 27.0 Å². The number of hydrogen-bond donors (Lipinski definition) is 4. The van der Waals surface area contributed by atoms with Crippen molar-refractivity contribution in [2.75, 3.05) is 6.61 Å². The molecule has 86 valence electrons. The van der Waals surface area contributed by atoms with Gasteiger partial charge in [-0.1, -0.05) is 0 Å². The highest BCUT2D eigenvalue weighted by Gasteiger charge is 2.21. The maximum Gasteiger partial charge on any atom is 0.137 e. The molecule has 0 aliphatic heterocycles. The predicted octanol–water partition coefficient (Wildman–Crippen LogP) is 0.712. The van der Waals surface area contributed by atoms with Gasteiger partial charge in [0, 0.05) is 27.8 Å². The van der Waals surface area contributed by atoms with Gasteiger partial charge in [0.05, 0.1) is 6.61 Å². The minimum absolute atomic E-state index is 0.491. The zero-order valence-corrected chi connectivity index (χ0v) is 9.85. The van der Waals surface area contributed by atoms with Gasteiger partial charge < -0.3 is 20.3 Å². The van der Waals surface area contributed by atoms with E-state index >= 15 is 0 Å². The van der Waals surface area contributed by atoms with Crippen LogP contribution in [0.1, 0.15) is 11.7 Å². The molecule has 16 heavy (non-hydrogen) atoms. The summed E-state index contributed by atoms with van der Waals surface area (Å²) in [6.07, 6.45) is 0.887. The van der Waals surface area contributed by atoms with Crippen LogP contribution in [-0.4, -0.2) is 38.0 Å². The van der Waals surface area contributed by atoms with Crippen LogP contribution in [0.4, 0.5) is 0 Å². The number of aliphatic hydroxyl groups excluding tert-OH is 3. The third kappa shape index (κ3) is 1.97. The Kier molecular flexibility index (Phi) is 3.25. The third-order valence-electron chi connectivity index (χ3n) is 2.40. The second kappa shape index (κ2) is 4.50. The fourth-order valence-corrected chi connectivity index (χ4v) is 1.88. The Morgan fingerprint density at radius 3 is 2.88 bits per heavy atom. The number of pyridine rings is 1. The van der Waals surface area contributed by atoms with Gasteiger partial charge in [-0.15, -0.1) is 0 Å². The number of hydrogen-bond acceptors (Lipinski definition) is 4. The zero-order valence-electron chi connectivity index (χ0n) is 8.26. The summed E-state index contributed by atoms with van der Waals surface area (Å²) in [7, 11) is 0. The Labute approximate surface area is 99.9 Å². The lowest BCUT2D eigenvalue weighted by atomic mass is 10.1. The lowest BCUT2D eigenvalue weighted by Gasteiger charge is -2.14. The first kappa shape index (κ1) is 11.5. The molecule has 2 atom stereocenters. The average Bonchev–Trinajstić information content (AvgIpc) is 2.69. The number of nitrogens with one attached hydrogen (secondary N) is 1. The predicted molar refractivity (Wildman–Crippen MR) is 61.8 cm³/mol. The van der Waals surface area contributed by atoms with Gasteiger partial charge in [-0.05, 0) is 22.0 Å². The molecule has 0 spiro atoms. The maximum absolute atomic E-state index is 9.79. The van der Waals surface area contributed by atoms with Gasteiger partial charge in [-0.2, -0.15) is 0 Å². The van der Waals surface area contributed by atoms with Gasteiger partial charge in [0.15, 0.2) is 0 Å². The number of fused-ring (bicyclic) bond motifs is 1. The average molecular weight is 287 g/mol. The summed E-state index contributed by atoms with van der Waals surface area (Å²) in [4.78, 5) is 7.00. The fourth-order valence-electron chi connectivity index (χ4n) is 1.55. The first-order valence-corrected chi connectivity index (χ1v) is 5.52. The van der Waals surface area contributed by atoms with Crippen LogP contribution in [0.2, 0.25) is 0 Å². The molecule has 0 aliphatic carbocycles. The molecule has 0 saturated carbocycles. The van der Waals surface area contributed by atoms with Crippen LogP contribution in [-0.2, 0) is 0 Å². The van der Waals surface area contributed by atoms with Gasteiger partial charge in [-0.25, -0.2) is 4.98 Å². The number of rotatable bonds is 3. The van der Waals surface area contributed by atoms with Crippen LogP contribution >= 0.6 is 15.9 Å². The minimum atomic E-state index is -1.20. The Morgan fingerprint density at radius 1 is 1.44 bits per heavy atom. The van der Waals surface area contributed by atoms with E-state index in [-0.39, 0.29) is 0 Å². The standard InChI is InChI=1S/C10H11BrN2O3/c11-5-1-6-7(9(16)8(15)4-14)3-13-10(6)12-2-5/h1-3,8-9,14-16H,4H2,(H,12,13). The second-order valence-corrected chi connectivity index (χ2v) is 4.40. The van der Waals surface area contributed by atoms with Gasteiger partial charge in [0.25, 0.3) is 0 Å². The van der Waals surface area contributed by atoms with Crippen molar-refractivity contribution in [2.45, 2.75) is 12.2 Å². The van der Waals surface area contributed by atoms with Crippen molar-refractivity contribution in [3.63, 3.8) is 0 Å². The number of nitrogens with zero attached hydrogens (tertiary/aromatic N) is 1. The largest absolute Gasteiger partial charge is 0.394 e. The van der Waals surface area contributed by atoms with Crippen LogP contribution in [0.3, 0.4) is 0 Å². The highest BCUT2D eigenvalue weighted by atomic mass is 79.9. The highest BCUT2D eigenvalue weighted by molar-refractivity contribution is 9.10. The van der Waals surface area contributed by atoms with E-state index in [1.165, 1.54) is 0 Å². The fraction of sp³-hybridized carbons (Fsp3) is 0.300. The Morgan fingerprint density at radius 2 is 2.19 bits per heavy atom. The minimum Gasteiger partial charge on any atom is -0.394 e. The molecule has 5 nitrogen and oxygen atoms in total. The summed E-state index contributed by atoms with van der Waals surface area (Å²) < 4.78 is 0.784. The summed E-state index contributed by atoms with van der Waals surface area (Å²) in [5, 5.41) is 28.7. The number of aromatic nitrogens is 2. The van der Waals surface area contributed by atoms with Gasteiger partial charge in [0.2, 0.25) is 0 Å².